The van der Waals surface area contributed by atoms with Crippen LogP contribution in [-0.2, 0) is 26.5 Å². The molecule has 9 rings (SSSR count). The molecule has 0 fully saturated rings. The summed E-state index contributed by atoms with van der Waals surface area (Å²) in [6.07, 6.45) is 3.80. The molecule has 0 unspecified atom stereocenters. The largest absolute Gasteiger partial charge is 2.00 e. The fourth-order valence-electron chi connectivity index (χ4n) is 7.51. The van der Waals surface area contributed by atoms with Crippen LogP contribution in [0.3, 0.4) is 0 Å². The second-order valence-electron chi connectivity index (χ2n) is 12.9. The van der Waals surface area contributed by atoms with Gasteiger partial charge < -0.3 is 9.72 Å². The summed E-state index contributed by atoms with van der Waals surface area (Å²) in [5, 5.41) is 2.23. The van der Waals surface area contributed by atoms with Crippen LogP contribution in [0.15, 0.2) is 168 Å². The summed E-state index contributed by atoms with van der Waals surface area (Å²) in [4.78, 5) is 12.3. The van der Waals surface area contributed by atoms with E-state index in [4.69, 9.17) is 14.7 Å². The fourth-order valence-corrected chi connectivity index (χ4v) is 8.70. The minimum absolute atomic E-state index is 0. The molecule has 0 atom stereocenters. The van der Waals surface area contributed by atoms with E-state index in [0.29, 0.717) is 11.5 Å². The molecule has 5 heteroatoms. The molecule has 0 amide bonds. The topological polar surface area (TPSA) is 35.0 Å². The standard InChI is InChI=1S/C47H32N2OS.Pt/c1-31-13-11-14-32(2)46(31)36-25-35(42-28-33-15-3-4-16-34(33)30-49-42)26-39(27-36)50-38-18-12-17-37(29-38)47(45-23-9-10-24-48-45)40-19-5-7-21-43(40)51-44-22-8-6-20-41(44)47;/h3-25,27-28,30H,1-2H3;/q-2;+2. The van der Waals surface area contributed by atoms with Gasteiger partial charge in [-0.3, -0.25) is 4.98 Å². The summed E-state index contributed by atoms with van der Waals surface area (Å²) in [5.41, 5.74) is 9.87. The van der Waals surface area contributed by atoms with Crippen molar-refractivity contribution in [2.75, 3.05) is 0 Å². The summed E-state index contributed by atoms with van der Waals surface area (Å²) in [7, 11) is 0. The van der Waals surface area contributed by atoms with E-state index < -0.39 is 5.41 Å². The van der Waals surface area contributed by atoms with Crippen molar-refractivity contribution in [2.45, 2.75) is 29.1 Å². The maximum absolute atomic E-state index is 6.79. The molecule has 0 radical (unpaired) electrons. The van der Waals surface area contributed by atoms with Gasteiger partial charge in [-0.25, -0.2) is 0 Å². The Balaban J connectivity index is 0.00000387. The first-order valence-corrected chi connectivity index (χ1v) is 17.9. The van der Waals surface area contributed by atoms with E-state index in [9.17, 15) is 0 Å². The van der Waals surface area contributed by atoms with Gasteiger partial charge in [-0.05, 0) is 82.4 Å². The molecule has 0 spiro atoms. The predicted molar refractivity (Wildman–Crippen MR) is 207 cm³/mol. The normalized spacial score (nSPS) is 12.7. The minimum atomic E-state index is -0.705. The van der Waals surface area contributed by atoms with Gasteiger partial charge in [-0.15, -0.1) is 29.3 Å². The average Bonchev–Trinajstić information content (AvgIpc) is 3.17. The van der Waals surface area contributed by atoms with Gasteiger partial charge in [-0.1, -0.05) is 120 Å². The number of aryl methyl sites for hydroxylation is 2. The molecule has 3 heterocycles. The molecular formula is C47H32N2OPtS. The monoisotopic (exact) mass is 867 g/mol. The van der Waals surface area contributed by atoms with Crippen molar-refractivity contribution >= 4 is 22.5 Å². The van der Waals surface area contributed by atoms with E-state index >= 15 is 0 Å². The van der Waals surface area contributed by atoms with Crippen LogP contribution >= 0.6 is 11.8 Å². The second-order valence-corrected chi connectivity index (χ2v) is 14.0. The third-order valence-corrected chi connectivity index (χ3v) is 10.9. The molecule has 1 aliphatic rings. The van der Waals surface area contributed by atoms with Gasteiger partial charge in [0.15, 0.2) is 0 Å². The molecular weight excluding hydrogens is 836 g/mol. The molecule has 2 aromatic heterocycles. The second kappa shape index (κ2) is 14.0. The van der Waals surface area contributed by atoms with Crippen molar-refractivity contribution in [3.05, 3.63) is 204 Å². The summed E-state index contributed by atoms with van der Waals surface area (Å²) in [6, 6.07) is 58.0. The third kappa shape index (κ3) is 5.86. The first kappa shape index (κ1) is 33.8. The number of fused-ring (bicyclic) bond motifs is 3. The number of aromatic nitrogens is 2. The smallest absolute Gasteiger partial charge is 0.503 e. The van der Waals surface area contributed by atoms with E-state index in [1.54, 1.807) is 11.8 Å². The molecule has 1 aliphatic heterocycles. The quantitative estimate of drug-likeness (QED) is 0.156. The zero-order valence-corrected chi connectivity index (χ0v) is 31.6. The van der Waals surface area contributed by atoms with Crippen LogP contribution in [0, 0.1) is 26.0 Å². The van der Waals surface area contributed by atoms with Gasteiger partial charge in [0, 0.05) is 33.7 Å². The Hall–Kier alpha value is -5.28. The zero-order valence-electron chi connectivity index (χ0n) is 28.5. The van der Waals surface area contributed by atoms with Crippen LogP contribution < -0.4 is 4.74 Å². The molecule has 0 saturated carbocycles. The van der Waals surface area contributed by atoms with Crippen LogP contribution in [0.1, 0.15) is 33.5 Å². The van der Waals surface area contributed by atoms with Crippen LogP contribution in [-0.4, -0.2) is 9.97 Å². The Morgan fingerprint density at radius 3 is 2.00 bits per heavy atom. The molecule has 3 nitrogen and oxygen atoms in total. The molecule has 6 aromatic carbocycles. The van der Waals surface area contributed by atoms with Gasteiger partial charge in [0.25, 0.3) is 0 Å². The zero-order chi connectivity index (χ0) is 34.4. The Morgan fingerprint density at radius 1 is 0.596 bits per heavy atom. The minimum Gasteiger partial charge on any atom is -0.503 e. The van der Waals surface area contributed by atoms with Crippen molar-refractivity contribution in [3.63, 3.8) is 0 Å². The average molecular weight is 868 g/mol. The molecule has 252 valence electrons. The van der Waals surface area contributed by atoms with E-state index in [0.717, 1.165) is 38.9 Å². The molecule has 0 bridgehead atoms. The van der Waals surface area contributed by atoms with Gasteiger partial charge in [0.1, 0.15) is 0 Å². The maximum atomic E-state index is 6.79. The molecule has 52 heavy (non-hydrogen) atoms. The summed E-state index contributed by atoms with van der Waals surface area (Å²) in [6.45, 7) is 4.31. The van der Waals surface area contributed by atoms with Crippen molar-refractivity contribution in [1.82, 2.24) is 9.97 Å². The van der Waals surface area contributed by atoms with Crippen molar-refractivity contribution in [1.29, 1.82) is 0 Å². The molecule has 8 aromatic rings. The van der Waals surface area contributed by atoms with E-state index in [2.05, 4.69) is 153 Å². The Bertz CT molecular complexity index is 2520. The maximum Gasteiger partial charge on any atom is 2.00 e. The number of rotatable bonds is 6. The Morgan fingerprint density at radius 2 is 1.27 bits per heavy atom. The summed E-state index contributed by atoms with van der Waals surface area (Å²) in [5.74, 6) is 1.20. The van der Waals surface area contributed by atoms with Gasteiger partial charge in [-0.2, -0.15) is 12.1 Å². The van der Waals surface area contributed by atoms with Crippen LogP contribution in [0.5, 0.6) is 11.5 Å². The van der Waals surface area contributed by atoms with Crippen molar-refractivity contribution < 1.29 is 25.8 Å². The van der Waals surface area contributed by atoms with Crippen molar-refractivity contribution in [2.24, 2.45) is 0 Å². The fraction of sp³-hybridized carbons (Fsp3) is 0.0638. The number of benzene rings is 6. The number of hydrogen-bond donors (Lipinski definition) is 0. The van der Waals surface area contributed by atoms with E-state index in [1.807, 2.05) is 30.6 Å². The van der Waals surface area contributed by atoms with Gasteiger partial charge in [0.05, 0.1) is 11.1 Å². The number of pyridine rings is 2. The van der Waals surface area contributed by atoms with E-state index in [1.165, 1.54) is 37.6 Å². The number of nitrogens with zero attached hydrogens (tertiary/aromatic N) is 2. The predicted octanol–water partition coefficient (Wildman–Crippen LogP) is 11.8. The summed E-state index contributed by atoms with van der Waals surface area (Å²) < 4.78 is 6.79. The first-order valence-electron chi connectivity index (χ1n) is 17.1. The number of hydrogen-bond acceptors (Lipinski definition) is 4. The van der Waals surface area contributed by atoms with Crippen LogP contribution in [0.4, 0.5) is 0 Å². The van der Waals surface area contributed by atoms with Gasteiger partial charge >= 0.3 is 21.1 Å². The molecule has 0 aliphatic carbocycles. The van der Waals surface area contributed by atoms with E-state index in [-0.39, 0.29) is 21.1 Å². The third-order valence-electron chi connectivity index (χ3n) is 9.76. The SMILES string of the molecule is Cc1cccc(C)c1-c1cc(Oc2[c-]c(C3(c4ccccn4)c4ccccc4Sc4ccccc43)ccc2)[c-]c(-c2cc3ccccc3cn2)c1.[Pt+2]. The number of ether oxygens (including phenoxy) is 1. The van der Waals surface area contributed by atoms with Crippen LogP contribution in [0.2, 0.25) is 0 Å². The summed E-state index contributed by atoms with van der Waals surface area (Å²) >= 11 is 1.80. The molecule has 0 N–H and O–H groups in total. The Labute approximate surface area is 323 Å². The first-order chi connectivity index (χ1) is 25.1. The Kier molecular flexibility index (Phi) is 9.13. The van der Waals surface area contributed by atoms with Crippen LogP contribution in [0.25, 0.3) is 33.2 Å². The van der Waals surface area contributed by atoms with Gasteiger partial charge in [0.2, 0.25) is 0 Å². The van der Waals surface area contributed by atoms with Crippen molar-refractivity contribution in [3.8, 4) is 33.9 Å². The molecule has 0 saturated heterocycles.